The van der Waals surface area contributed by atoms with Crippen molar-refractivity contribution in [3.05, 3.63) is 69.2 Å². The van der Waals surface area contributed by atoms with Gasteiger partial charge in [0.1, 0.15) is 0 Å². The van der Waals surface area contributed by atoms with Crippen molar-refractivity contribution in [3.8, 4) is 0 Å². The molecule has 2 fully saturated rings. The van der Waals surface area contributed by atoms with Crippen LogP contribution in [0.4, 0.5) is 0 Å². The van der Waals surface area contributed by atoms with Gasteiger partial charge in [0, 0.05) is 40.7 Å². The highest BCUT2D eigenvalue weighted by Crippen LogP contribution is 2.59. The van der Waals surface area contributed by atoms with Crippen LogP contribution in [0.2, 0.25) is 10.0 Å². The van der Waals surface area contributed by atoms with Gasteiger partial charge in [0.2, 0.25) is 5.91 Å². The van der Waals surface area contributed by atoms with Crippen molar-refractivity contribution in [2.24, 2.45) is 11.3 Å². The van der Waals surface area contributed by atoms with E-state index in [1.807, 2.05) is 29.2 Å². The van der Waals surface area contributed by atoms with Crippen molar-refractivity contribution in [2.45, 2.75) is 84.1 Å². The number of rotatable bonds is 9. The maximum Gasteiger partial charge on any atom is 0.253 e. The predicted molar refractivity (Wildman–Crippen MR) is 153 cm³/mol. The molecule has 4 rings (SSSR count). The number of fused-ring (bicyclic) bond motifs is 1. The van der Waals surface area contributed by atoms with Crippen LogP contribution in [0, 0.1) is 11.3 Å². The van der Waals surface area contributed by atoms with E-state index in [9.17, 15) is 9.59 Å². The Morgan fingerprint density at radius 3 is 2.30 bits per heavy atom. The highest BCUT2D eigenvalue weighted by atomic mass is 35.5. The maximum absolute atomic E-state index is 13.4. The molecule has 0 unspecified atom stereocenters. The number of nitrogens with zero attached hydrogens (tertiary/aromatic N) is 1. The minimum Gasteiger partial charge on any atom is -0.353 e. The Labute approximate surface area is 232 Å². The normalized spacial score (nSPS) is 27.0. The van der Waals surface area contributed by atoms with Gasteiger partial charge in [-0.25, -0.2) is 0 Å². The number of hydrogen-bond donors (Lipinski definition) is 1. The van der Waals surface area contributed by atoms with E-state index in [1.54, 1.807) is 0 Å². The Morgan fingerprint density at radius 1 is 1.05 bits per heavy atom. The van der Waals surface area contributed by atoms with E-state index in [0.717, 1.165) is 57.2 Å². The number of unbranched alkanes of at least 4 members (excludes halogenated alkanes) is 2. The van der Waals surface area contributed by atoms with E-state index in [4.69, 9.17) is 23.2 Å². The van der Waals surface area contributed by atoms with Crippen LogP contribution < -0.4 is 5.32 Å². The number of benzene rings is 2. The number of halogens is 2. The molecule has 37 heavy (non-hydrogen) atoms. The Hall–Kier alpha value is -2.04. The Bertz CT molecular complexity index is 1110. The number of amides is 2. The van der Waals surface area contributed by atoms with Gasteiger partial charge in [0.25, 0.3) is 5.91 Å². The van der Waals surface area contributed by atoms with Crippen LogP contribution in [0.15, 0.2) is 42.5 Å². The first-order valence-electron chi connectivity index (χ1n) is 13.9. The summed E-state index contributed by atoms with van der Waals surface area (Å²) in [5.74, 6) is 0.585. The third kappa shape index (κ3) is 5.56. The molecule has 4 nitrogen and oxygen atoms in total. The zero-order valence-corrected chi connectivity index (χ0v) is 24.0. The molecule has 1 aliphatic heterocycles. The fourth-order valence-corrected chi connectivity index (χ4v) is 7.11. The van der Waals surface area contributed by atoms with Gasteiger partial charge < -0.3 is 10.2 Å². The van der Waals surface area contributed by atoms with Crippen LogP contribution in [0.1, 0.15) is 99.5 Å². The van der Waals surface area contributed by atoms with Crippen LogP contribution in [0.25, 0.3) is 0 Å². The molecule has 1 saturated heterocycles. The lowest BCUT2D eigenvalue weighted by molar-refractivity contribution is -0.129. The zero-order chi connectivity index (χ0) is 26.7. The van der Waals surface area contributed by atoms with Crippen LogP contribution in [-0.2, 0) is 4.79 Å². The van der Waals surface area contributed by atoms with Crippen molar-refractivity contribution in [3.63, 3.8) is 0 Å². The Kier molecular flexibility index (Phi) is 8.91. The minimum absolute atomic E-state index is 0.0556. The van der Waals surface area contributed by atoms with Crippen molar-refractivity contribution >= 4 is 35.0 Å². The molecular formula is C31H40Cl2N2O2. The van der Waals surface area contributed by atoms with Crippen molar-refractivity contribution < 1.29 is 9.59 Å². The van der Waals surface area contributed by atoms with Crippen LogP contribution in [0.3, 0.4) is 0 Å². The van der Waals surface area contributed by atoms with E-state index in [0.29, 0.717) is 15.6 Å². The summed E-state index contributed by atoms with van der Waals surface area (Å²) in [5, 5.41) is 4.55. The van der Waals surface area contributed by atoms with Crippen molar-refractivity contribution in [2.75, 3.05) is 13.1 Å². The van der Waals surface area contributed by atoms with E-state index < -0.39 is 5.41 Å². The molecule has 1 N–H and O–H groups in total. The molecule has 6 heteroatoms. The molecule has 0 radical (unpaired) electrons. The molecular weight excluding hydrogens is 503 g/mol. The molecule has 1 aliphatic carbocycles. The van der Waals surface area contributed by atoms with Crippen LogP contribution in [-0.4, -0.2) is 35.8 Å². The molecule has 2 aromatic rings. The predicted octanol–water partition coefficient (Wildman–Crippen LogP) is 7.84. The standard InChI is InChI=1S/C31H40Cl2N2O2/c1-5-7-17-35(18-8-6-2)29(36)22-11-14-24(26(33)19-22)25-15-16-31(4)28(20(3)34-30(31)37)27(25)21-9-12-23(32)13-10-21/h9-14,19-20,25,27-28H,5-8,15-18H2,1-4H3,(H,34,37)/t20-,25+,27+,28+,31-/m1/s1. The molecule has 0 bridgehead atoms. The summed E-state index contributed by atoms with van der Waals surface area (Å²) in [4.78, 5) is 28.4. The third-order valence-corrected chi connectivity index (χ3v) is 9.28. The average molecular weight is 544 g/mol. The van der Waals surface area contributed by atoms with Gasteiger partial charge in [0.15, 0.2) is 0 Å². The topological polar surface area (TPSA) is 49.4 Å². The quantitative estimate of drug-likeness (QED) is 0.350. The van der Waals surface area contributed by atoms with E-state index in [-0.39, 0.29) is 35.6 Å². The SMILES string of the molecule is CCCCN(CCCC)C(=O)c1ccc([C@@H]2CC[C@@]3(C)C(=O)N[C@H](C)[C@H]3[C@H]2c2ccc(Cl)cc2)c(Cl)c1. The van der Waals surface area contributed by atoms with Gasteiger partial charge in [-0.1, -0.05) is 75.0 Å². The van der Waals surface area contributed by atoms with Crippen molar-refractivity contribution in [1.29, 1.82) is 0 Å². The lowest BCUT2D eigenvalue weighted by Crippen LogP contribution is -2.42. The maximum atomic E-state index is 13.4. The minimum atomic E-state index is -0.415. The van der Waals surface area contributed by atoms with Gasteiger partial charge in [-0.2, -0.15) is 0 Å². The van der Waals surface area contributed by atoms with Crippen molar-refractivity contribution in [1.82, 2.24) is 10.2 Å². The summed E-state index contributed by atoms with van der Waals surface area (Å²) < 4.78 is 0. The first-order chi connectivity index (χ1) is 17.7. The molecule has 0 aromatic heterocycles. The number of hydrogen-bond acceptors (Lipinski definition) is 2. The molecule has 1 heterocycles. The second-order valence-electron chi connectivity index (χ2n) is 11.2. The van der Waals surface area contributed by atoms with E-state index in [2.05, 4.69) is 51.2 Å². The molecule has 1 saturated carbocycles. The molecule has 2 aliphatic rings. The first kappa shape index (κ1) is 28.0. The fraction of sp³-hybridized carbons (Fsp3) is 0.548. The fourth-order valence-electron chi connectivity index (χ4n) is 6.67. The van der Waals surface area contributed by atoms with Crippen LogP contribution >= 0.6 is 23.2 Å². The number of carbonyl (C=O) groups excluding carboxylic acids is 2. The molecule has 2 aromatic carbocycles. The highest BCUT2D eigenvalue weighted by molar-refractivity contribution is 6.32. The summed E-state index contributed by atoms with van der Waals surface area (Å²) in [6.07, 6.45) is 5.76. The highest BCUT2D eigenvalue weighted by Gasteiger charge is 2.57. The largest absolute Gasteiger partial charge is 0.353 e. The summed E-state index contributed by atoms with van der Waals surface area (Å²) in [7, 11) is 0. The number of carbonyl (C=O) groups is 2. The van der Waals surface area contributed by atoms with Gasteiger partial charge in [-0.05, 0) is 79.8 Å². The first-order valence-corrected chi connectivity index (χ1v) is 14.6. The van der Waals surface area contributed by atoms with E-state index >= 15 is 0 Å². The molecule has 0 spiro atoms. The lowest BCUT2D eigenvalue weighted by Gasteiger charge is -2.46. The van der Waals surface area contributed by atoms with E-state index in [1.165, 1.54) is 5.56 Å². The summed E-state index contributed by atoms with van der Waals surface area (Å²) in [6.45, 7) is 10.1. The smallest absolute Gasteiger partial charge is 0.253 e. The average Bonchev–Trinajstić information content (AvgIpc) is 3.11. The Morgan fingerprint density at radius 2 is 1.70 bits per heavy atom. The van der Waals surface area contributed by atoms with Gasteiger partial charge in [-0.3, -0.25) is 9.59 Å². The zero-order valence-electron chi connectivity index (χ0n) is 22.5. The van der Waals surface area contributed by atoms with Gasteiger partial charge >= 0.3 is 0 Å². The summed E-state index contributed by atoms with van der Waals surface area (Å²) in [6, 6.07) is 14.0. The molecule has 5 atom stereocenters. The second-order valence-corrected chi connectivity index (χ2v) is 12.0. The second kappa shape index (κ2) is 11.8. The molecule has 200 valence electrons. The van der Waals surface area contributed by atoms with Gasteiger partial charge in [-0.15, -0.1) is 0 Å². The third-order valence-electron chi connectivity index (χ3n) is 8.70. The van der Waals surface area contributed by atoms with Gasteiger partial charge in [0.05, 0.1) is 5.41 Å². The lowest BCUT2D eigenvalue weighted by atomic mass is 9.56. The molecule has 2 amide bonds. The summed E-state index contributed by atoms with van der Waals surface area (Å²) in [5.41, 5.74) is 2.47. The summed E-state index contributed by atoms with van der Waals surface area (Å²) >= 11 is 13.2. The monoisotopic (exact) mass is 542 g/mol. The van der Waals surface area contributed by atoms with Crippen LogP contribution in [0.5, 0.6) is 0 Å². The Balaban J connectivity index is 1.69. The number of nitrogens with one attached hydrogen (secondary N) is 1.